The predicted molar refractivity (Wildman–Crippen MR) is 44.4 cm³/mol. The van der Waals surface area contributed by atoms with Crippen LogP contribution in [0.5, 0.6) is 0 Å². The Balaban J connectivity index is 2.74. The second-order valence-corrected chi connectivity index (χ2v) is 3.12. The molecule has 0 atom stereocenters. The van der Waals surface area contributed by atoms with E-state index in [1.54, 1.807) is 12.3 Å². The number of primary amides is 1. The Hall–Kier alpha value is -1.03. The summed E-state index contributed by atoms with van der Waals surface area (Å²) < 4.78 is 0. The molecule has 4 heteroatoms. The normalized spacial score (nSPS) is 9.55. The van der Waals surface area contributed by atoms with E-state index in [0.717, 1.165) is 17.3 Å². The molecule has 1 aromatic heterocycles. The first-order valence-electron chi connectivity index (χ1n) is 3.08. The summed E-state index contributed by atoms with van der Waals surface area (Å²) >= 11 is 0.935. The molecule has 0 fully saturated rings. The SMILES string of the molecule is Cc1ccc(SC(N)=O)nc1. The van der Waals surface area contributed by atoms with E-state index in [4.69, 9.17) is 5.73 Å². The molecule has 0 saturated heterocycles. The highest BCUT2D eigenvalue weighted by atomic mass is 32.2. The third-order valence-corrected chi connectivity index (χ3v) is 1.74. The number of nitrogens with zero attached hydrogens (tertiary/aromatic N) is 1. The number of amides is 1. The first-order valence-corrected chi connectivity index (χ1v) is 3.90. The van der Waals surface area contributed by atoms with Gasteiger partial charge in [-0.1, -0.05) is 6.07 Å². The summed E-state index contributed by atoms with van der Waals surface area (Å²) in [6, 6.07) is 3.66. The van der Waals surface area contributed by atoms with E-state index in [9.17, 15) is 4.79 Å². The van der Waals surface area contributed by atoms with Crippen molar-refractivity contribution in [3.63, 3.8) is 0 Å². The van der Waals surface area contributed by atoms with Crippen molar-refractivity contribution >= 4 is 17.0 Å². The molecule has 0 saturated carbocycles. The van der Waals surface area contributed by atoms with Gasteiger partial charge in [-0.15, -0.1) is 0 Å². The van der Waals surface area contributed by atoms with Gasteiger partial charge in [0.2, 0.25) is 0 Å². The van der Waals surface area contributed by atoms with Crippen molar-refractivity contribution in [1.29, 1.82) is 0 Å². The zero-order chi connectivity index (χ0) is 8.27. The molecule has 3 nitrogen and oxygen atoms in total. The highest BCUT2D eigenvalue weighted by molar-refractivity contribution is 8.13. The van der Waals surface area contributed by atoms with Crippen molar-refractivity contribution in [2.24, 2.45) is 5.73 Å². The van der Waals surface area contributed by atoms with Crippen LogP contribution in [-0.4, -0.2) is 10.2 Å². The van der Waals surface area contributed by atoms with Crippen molar-refractivity contribution in [2.45, 2.75) is 11.9 Å². The lowest BCUT2D eigenvalue weighted by Gasteiger charge is -1.94. The van der Waals surface area contributed by atoms with Gasteiger partial charge in [-0.3, -0.25) is 4.79 Å². The van der Waals surface area contributed by atoms with Crippen LogP contribution < -0.4 is 5.73 Å². The highest BCUT2D eigenvalue weighted by Gasteiger charge is 1.98. The third kappa shape index (κ3) is 2.59. The molecule has 2 N–H and O–H groups in total. The number of nitrogens with two attached hydrogens (primary N) is 1. The Bertz CT molecular complexity index is 258. The lowest BCUT2D eigenvalue weighted by molar-refractivity contribution is 0.267. The fourth-order valence-electron chi connectivity index (χ4n) is 0.618. The lowest BCUT2D eigenvalue weighted by atomic mass is 10.3. The van der Waals surface area contributed by atoms with E-state index < -0.39 is 5.24 Å². The van der Waals surface area contributed by atoms with Crippen LogP contribution in [0.1, 0.15) is 5.56 Å². The van der Waals surface area contributed by atoms with Crippen molar-refractivity contribution in [3.8, 4) is 0 Å². The minimum Gasteiger partial charge on any atom is -0.360 e. The molecular formula is C7H8N2OS. The zero-order valence-corrected chi connectivity index (χ0v) is 6.89. The first-order chi connectivity index (χ1) is 5.18. The fourth-order valence-corrected chi connectivity index (χ4v) is 1.07. The van der Waals surface area contributed by atoms with Gasteiger partial charge in [0, 0.05) is 6.20 Å². The second-order valence-electron chi connectivity index (χ2n) is 2.09. The van der Waals surface area contributed by atoms with Crippen LogP contribution in [0.3, 0.4) is 0 Å². The van der Waals surface area contributed by atoms with Crippen LogP contribution in [0.25, 0.3) is 0 Å². The van der Waals surface area contributed by atoms with Crippen LogP contribution in [-0.2, 0) is 0 Å². The summed E-state index contributed by atoms with van der Waals surface area (Å²) in [5.41, 5.74) is 6.01. The van der Waals surface area contributed by atoms with E-state index in [1.807, 2.05) is 13.0 Å². The smallest absolute Gasteiger partial charge is 0.282 e. The molecule has 0 unspecified atom stereocenters. The Morgan fingerprint density at radius 2 is 2.36 bits per heavy atom. The number of carbonyl (C=O) groups is 1. The van der Waals surface area contributed by atoms with Gasteiger partial charge in [-0.25, -0.2) is 4.98 Å². The number of carbonyl (C=O) groups excluding carboxylic acids is 1. The number of aromatic nitrogens is 1. The summed E-state index contributed by atoms with van der Waals surface area (Å²) in [5, 5.41) is 0.212. The van der Waals surface area contributed by atoms with E-state index in [-0.39, 0.29) is 0 Å². The quantitative estimate of drug-likeness (QED) is 0.647. The minimum atomic E-state index is -0.429. The maximum absolute atomic E-state index is 10.4. The molecule has 1 rings (SSSR count). The number of hydrogen-bond acceptors (Lipinski definition) is 3. The molecule has 0 bridgehead atoms. The first kappa shape index (κ1) is 8.07. The Morgan fingerprint density at radius 1 is 1.64 bits per heavy atom. The molecule has 0 radical (unpaired) electrons. The number of pyridine rings is 1. The predicted octanol–water partition coefficient (Wildman–Crippen LogP) is 1.56. The van der Waals surface area contributed by atoms with Gasteiger partial charge in [-0.05, 0) is 30.3 Å². The molecule has 0 aliphatic rings. The molecular weight excluding hydrogens is 160 g/mol. The summed E-state index contributed by atoms with van der Waals surface area (Å²) in [7, 11) is 0. The molecule has 0 aromatic carbocycles. The van der Waals surface area contributed by atoms with Gasteiger partial charge in [-0.2, -0.15) is 0 Å². The van der Waals surface area contributed by atoms with Gasteiger partial charge in [0.1, 0.15) is 5.03 Å². The van der Waals surface area contributed by atoms with E-state index >= 15 is 0 Å². The van der Waals surface area contributed by atoms with Crippen LogP contribution in [0, 0.1) is 6.92 Å². The molecule has 58 valence electrons. The Morgan fingerprint density at radius 3 is 2.82 bits per heavy atom. The van der Waals surface area contributed by atoms with Crippen LogP contribution >= 0.6 is 11.8 Å². The average Bonchev–Trinajstić information content (AvgIpc) is 1.93. The summed E-state index contributed by atoms with van der Waals surface area (Å²) in [4.78, 5) is 14.4. The van der Waals surface area contributed by atoms with E-state index in [0.29, 0.717) is 5.03 Å². The highest BCUT2D eigenvalue weighted by Crippen LogP contribution is 2.13. The molecule has 11 heavy (non-hydrogen) atoms. The van der Waals surface area contributed by atoms with Gasteiger partial charge in [0.05, 0.1) is 0 Å². The summed E-state index contributed by atoms with van der Waals surface area (Å²) in [6.45, 7) is 1.94. The lowest BCUT2D eigenvalue weighted by Crippen LogP contribution is -2.01. The minimum absolute atomic E-state index is 0.429. The van der Waals surface area contributed by atoms with Crippen molar-refractivity contribution < 1.29 is 4.79 Å². The van der Waals surface area contributed by atoms with Crippen molar-refractivity contribution in [2.75, 3.05) is 0 Å². The molecule has 0 aliphatic heterocycles. The largest absolute Gasteiger partial charge is 0.360 e. The number of hydrogen-bond donors (Lipinski definition) is 1. The maximum atomic E-state index is 10.4. The summed E-state index contributed by atoms with van der Waals surface area (Å²) in [6.07, 6.45) is 1.70. The number of aryl methyl sites for hydroxylation is 1. The van der Waals surface area contributed by atoms with Gasteiger partial charge in [0.25, 0.3) is 5.24 Å². The van der Waals surface area contributed by atoms with Crippen molar-refractivity contribution in [3.05, 3.63) is 23.9 Å². The van der Waals surface area contributed by atoms with E-state index in [2.05, 4.69) is 4.98 Å². The van der Waals surface area contributed by atoms with Gasteiger partial charge in [0.15, 0.2) is 0 Å². The Labute approximate surface area is 69.0 Å². The van der Waals surface area contributed by atoms with Gasteiger partial charge < -0.3 is 5.73 Å². The number of thioether (sulfide) groups is 1. The molecule has 0 aliphatic carbocycles. The molecule has 0 spiro atoms. The van der Waals surface area contributed by atoms with Gasteiger partial charge >= 0.3 is 0 Å². The topological polar surface area (TPSA) is 56.0 Å². The summed E-state index contributed by atoms with van der Waals surface area (Å²) in [5.74, 6) is 0. The van der Waals surface area contributed by atoms with Crippen LogP contribution in [0.2, 0.25) is 0 Å². The fraction of sp³-hybridized carbons (Fsp3) is 0.143. The van der Waals surface area contributed by atoms with Crippen molar-refractivity contribution in [1.82, 2.24) is 4.98 Å². The molecule has 1 aromatic rings. The second kappa shape index (κ2) is 3.39. The van der Waals surface area contributed by atoms with Crippen LogP contribution in [0.4, 0.5) is 4.79 Å². The zero-order valence-electron chi connectivity index (χ0n) is 6.07. The third-order valence-electron chi connectivity index (χ3n) is 1.09. The maximum Gasteiger partial charge on any atom is 0.282 e. The average molecular weight is 168 g/mol. The Kier molecular flexibility index (Phi) is 2.48. The standard InChI is InChI=1S/C7H8N2OS/c1-5-2-3-6(9-4-5)11-7(8)10/h2-4H,1H3,(H2,8,10). The van der Waals surface area contributed by atoms with E-state index in [1.165, 1.54) is 0 Å². The molecule has 1 amide bonds. The number of rotatable bonds is 1. The van der Waals surface area contributed by atoms with Crippen LogP contribution in [0.15, 0.2) is 23.4 Å². The molecule has 1 heterocycles. The monoisotopic (exact) mass is 168 g/mol.